The molecule has 2 rings (SSSR count). The van der Waals surface area contributed by atoms with E-state index in [-0.39, 0.29) is 11.3 Å². The third-order valence-electron chi connectivity index (χ3n) is 2.67. The van der Waals surface area contributed by atoms with Gasteiger partial charge in [0.1, 0.15) is 0 Å². The highest BCUT2D eigenvalue weighted by Crippen LogP contribution is 2.22. The van der Waals surface area contributed by atoms with Crippen LogP contribution in [0.1, 0.15) is 26.5 Å². The molecule has 0 bridgehead atoms. The fourth-order valence-electron chi connectivity index (χ4n) is 1.53. The largest absolute Gasteiger partial charge is 0.308 e. The molecule has 106 valence electrons. The van der Waals surface area contributed by atoms with Gasteiger partial charge in [0, 0.05) is 34.5 Å². The number of hydrogen-bond donors (Lipinski definition) is 2. The lowest BCUT2D eigenvalue weighted by Crippen LogP contribution is -2.14. The smallest absolute Gasteiger partial charge is 0.235 e. The number of H-pyrrole nitrogens is 1. The van der Waals surface area contributed by atoms with Crippen molar-refractivity contribution in [3.63, 3.8) is 0 Å². The number of anilines is 1. The number of carbonyl (C=O) groups excluding carboxylic acids is 1. The minimum absolute atomic E-state index is 0.0121. The van der Waals surface area contributed by atoms with Crippen LogP contribution in [0.5, 0.6) is 0 Å². The van der Waals surface area contributed by atoms with E-state index in [1.54, 1.807) is 12.4 Å². The molecule has 0 radical (unpaired) electrons. The summed E-state index contributed by atoms with van der Waals surface area (Å²) in [6.07, 6.45) is 3.42. The summed E-state index contributed by atoms with van der Waals surface area (Å²) in [7, 11) is 0. The topological polar surface area (TPSA) is 70.7 Å². The lowest BCUT2D eigenvalue weighted by Gasteiger charge is -2.14. The van der Waals surface area contributed by atoms with Gasteiger partial charge in [-0.15, -0.1) is 11.8 Å². The van der Waals surface area contributed by atoms with Crippen molar-refractivity contribution in [3.05, 3.63) is 36.3 Å². The third-order valence-corrected chi connectivity index (χ3v) is 3.69. The Kier molecular flexibility index (Phi) is 4.44. The van der Waals surface area contributed by atoms with Crippen LogP contribution < -0.4 is 5.32 Å². The molecule has 1 amide bonds. The van der Waals surface area contributed by atoms with Gasteiger partial charge >= 0.3 is 0 Å². The average molecular weight is 290 g/mol. The molecule has 0 aliphatic carbocycles. The second-order valence-electron chi connectivity index (χ2n) is 5.44. The maximum absolute atomic E-state index is 11.8. The van der Waals surface area contributed by atoms with E-state index in [0.717, 1.165) is 10.6 Å². The van der Waals surface area contributed by atoms with Gasteiger partial charge in [-0.2, -0.15) is 5.10 Å². The zero-order valence-electron chi connectivity index (χ0n) is 11.8. The second-order valence-corrected chi connectivity index (χ2v) is 6.49. The van der Waals surface area contributed by atoms with Gasteiger partial charge in [-0.3, -0.25) is 14.9 Å². The Morgan fingerprint density at radius 3 is 2.65 bits per heavy atom. The molecule has 20 heavy (non-hydrogen) atoms. The zero-order valence-corrected chi connectivity index (χ0v) is 12.6. The maximum atomic E-state index is 11.8. The Balaban J connectivity index is 1.87. The number of amides is 1. The Hall–Kier alpha value is -1.82. The molecule has 0 unspecified atom stereocenters. The van der Waals surface area contributed by atoms with E-state index < -0.39 is 0 Å². The predicted molar refractivity (Wildman–Crippen MR) is 80.9 cm³/mol. The predicted octanol–water partition coefficient (Wildman–Crippen LogP) is 2.83. The molecular weight excluding hydrogens is 272 g/mol. The van der Waals surface area contributed by atoms with Gasteiger partial charge in [-0.05, 0) is 12.1 Å². The van der Waals surface area contributed by atoms with Gasteiger partial charge in [0.15, 0.2) is 5.82 Å². The fraction of sp³-hybridized carbons (Fsp3) is 0.357. The van der Waals surface area contributed by atoms with Crippen LogP contribution in [0.4, 0.5) is 5.82 Å². The van der Waals surface area contributed by atoms with Gasteiger partial charge in [-0.1, -0.05) is 20.8 Å². The molecule has 0 atom stereocenters. The normalized spacial score (nSPS) is 11.3. The number of carbonyl (C=O) groups is 1. The summed E-state index contributed by atoms with van der Waals surface area (Å²) in [5.41, 5.74) is 0.983. The summed E-state index contributed by atoms with van der Waals surface area (Å²) >= 11 is 1.47. The number of rotatable bonds is 4. The van der Waals surface area contributed by atoms with Gasteiger partial charge in [0.25, 0.3) is 0 Å². The van der Waals surface area contributed by atoms with Gasteiger partial charge < -0.3 is 5.32 Å². The molecule has 0 aromatic carbocycles. The minimum Gasteiger partial charge on any atom is -0.308 e. The van der Waals surface area contributed by atoms with E-state index in [1.165, 1.54) is 11.8 Å². The average Bonchev–Trinajstić information content (AvgIpc) is 2.86. The summed E-state index contributed by atoms with van der Waals surface area (Å²) < 4.78 is 0. The molecule has 2 N–H and O–H groups in total. The number of thioether (sulfide) groups is 1. The highest BCUT2D eigenvalue weighted by Gasteiger charge is 2.17. The molecule has 0 saturated carbocycles. The van der Waals surface area contributed by atoms with Crippen molar-refractivity contribution in [2.45, 2.75) is 31.1 Å². The first-order valence-corrected chi connectivity index (χ1v) is 7.32. The maximum Gasteiger partial charge on any atom is 0.235 e. The third kappa shape index (κ3) is 4.09. The van der Waals surface area contributed by atoms with Crippen LogP contribution in [-0.2, 0) is 10.2 Å². The van der Waals surface area contributed by atoms with Crippen LogP contribution in [-0.4, -0.2) is 26.8 Å². The van der Waals surface area contributed by atoms with Crippen molar-refractivity contribution >= 4 is 23.5 Å². The number of pyridine rings is 1. The van der Waals surface area contributed by atoms with Gasteiger partial charge in [0.05, 0.1) is 5.75 Å². The Morgan fingerprint density at radius 2 is 2.05 bits per heavy atom. The van der Waals surface area contributed by atoms with Crippen LogP contribution in [0.15, 0.2) is 35.5 Å². The summed E-state index contributed by atoms with van der Waals surface area (Å²) in [5, 5.41) is 9.83. The standard InChI is InChI=1S/C14H18N4OS/c1-14(2,3)11-8-12(18-17-11)16-13(19)9-20-10-4-6-15-7-5-10/h4-8H,9H2,1-3H3,(H2,16,17,18,19). The molecule has 2 heterocycles. The van der Waals surface area contributed by atoms with E-state index in [9.17, 15) is 4.79 Å². The zero-order chi connectivity index (χ0) is 14.6. The van der Waals surface area contributed by atoms with Crippen molar-refractivity contribution in [2.75, 3.05) is 11.1 Å². The number of aromatic nitrogens is 3. The van der Waals surface area contributed by atoms with Crippen molar-refractivity contribution in [1.29, 1.82) is 0 Å². The second kappa shape index (κ2) is 6.09. The first kappa shape index (κ1) is 14.6. The summed E-state index contributed by atoms with van der Waals surface area (Å²) in [6, 6.07) is 5.63. The summed E-state index contributed by atoms with van der Waals surface area (Å²) in [4.78, 5) is 16.8. The number of nitrogens with zero attached hydrogens (tertiary/aromatic N) is 2. The molecule has 0 spiro atoms. The molecule has 2 aromatic rings. The molecule has 6 heteroatoms. The quantitative estimate of drug-likeness (QED) is 0.849. The van der Waals surface area contributed by atoms with Crippen molar-refractivity contribution in [3.8, 4) is 0 Å². The van der Waals surface area contributed by atoms with Crippen LogP contribution >= 0.6 is 11.8 Å². The first-order chi connectivity index (χ1) is 9.45. The van der Waals surface area contributed by atoms with Crippen molar-refractivity contribution in [2.24, 2.45) is 0 Å². The van der Waals surface area contributed by atoms with E-state index in [4.69, 9.17) is 0 Å². The Morgan fingerprint density at radius 1 is 1.35 bits per heavy atom. The monoisotopic (exact) mass is 290 g/mol. The van der Waals surface area contributed by atoms with Gasteiger partial charge in [0.2, 0.25) is 5.91 Å². The molecule has 0 fully saturated rings. The summed E-state index contributed by atoms with van der Waals surface area (Å²) in [5.74, 6) is 0.843. The highest BCUT2D eigenvalue weighted by atomic mass is 32.2. The van der Waals surface area contributed by atoms with Crippen LogP contribution in [0, 0.1) is 0 Å². The molecule has 0 aliphatic rings. The molecule has 0 aliphatic heterocycles. The van der Waals surface area contributed by atoms with Crippen LogP contribution in [0.3, 0.4) is 0 Å². The lowest BCUT2D eigenvalue weighted by atomic mass is 9.92. The van der Waals surface area contributed by atoms with E-state index in [2.05, 4.69) is 41.3 Å². The molecule has 0 saturated heterocycles. The summed E-state index contributed by atoms with van der Waals surface area (Å²) in [6.45, 7) is 6.27. The van der Waals surface area contributed by atoms with E-state index >= 15 is 0 Å². The fourth-order valence-corrected chi connectivity index (χ4v) is 2.22. The van der Waals surface area contributed by atoms with Crippen LogP contribution in [0.2, 0.25) is 0 Å². The van der Waals surface area contributed by atoms with Crippen molar-refractivity contribution in [1.82, 2.24) is 15.2 Å². The SMILES string of the molecule is CC(C)(C)c1cc(NC(=O)CSc2ccncc2)n[nH]1. The first-order valence-electron chi connectivity index (χ1n) is 6.34. The highest BCUT2D eigenvalue weighted by molar-refractivity contribution is 8.00. The van der Waals surface area contributed by atoms with Gasteiger partial charge in [-0.25, -0.2) is 0 Å². The molecule has 2 aromatic heterocycles. The number of aromatic amines is 1. The number of nitrogens with one attached hydrogen (secondary N) is 2. The van der Waals surface area contributed by atoms with Crippen LogP contribution in [0.25, 0.3) is 0 Å². The van der Waals surface area contributed by atoms with E-state index in [1.807, 2.05) is 18.2 Å². The Bertz CT molecular complexity index is 574. The number of hydrogen-bond acceptors (Lipinski definition) is 4. The lowest BCUT2D eigenvalue weighted by molar-refractivity contribution is -0.113. The van der Waals surface area contributed by atoms with E-state index in [0.29, 0.717) is 11.6 Å². The Labute approximate surface area is 122 Å². The molecule has 5 nitrogen and oxygen atoms in total. The minimum atomic E-state index is -0.0706. The molecular formula is C14H18N4OS. The van der Waals surface area contributed by atoms with Crippen molar-refractivity contribution < 1.29 is 4.79 Å².